The van der Waals surface area contributed by atoms with Crippen LogP contribution in [0.4, 0.5) is 0 Å². The quantitative estimate of drug-likeness (QED) is 0.806. The molecular weight excluding hydrogens is 316 g/mol. The lowest BCUT2D eigenvalue weighted by Gasteiger charge is -2.58. The molecule has 3 saturated carbocycles. The van der Waals surface area contributed by atoms with Crippen LogP contribution in [0.2, 0.25) is 0 Å². The van der Waals surface area contributed by atoms with Crippen molar-refractivity contribution in [3.05, 3.63) is 11.6 Å². The van der Waals surface area contributed by atoms with Crippen LogP contribution in [0.25, 0.3) is 0 Å². The first-order valence-corrected chi connectivity index (χ1v) is 9.87. The standard InChI is InChI=1S/C21H30O4/c1-19-8-5-14(23)11-13(19)3-4-15-16(19)6-9-20(2)17(15)7-10-21(20,25)18(24)12-22/h11,15-17,22,25H,3-10,12H2,1-2H3/t15-,16+,17+,19+,20-,21+/m0/s1. The summed E-state index contributed by atoms with van der Waals surface area (Å²) in [5.74, 6) is 1.26. The molecule has 0 spiro atoms. The maximum absolute atomic E-state index is 12.3. The highest BCUT2D eigenvalue weighted by Gasteiger charge is 2.65. The van der Waals surface area contributed by atoms with Crippen LogP contribution in [0.1, 0.15) is 65.2 Å². The highest BCUT2D eigenvalue weighted by Crippen LogP contribution is 2.67. The molecule has 0 aromatic heterocycles. The average Bonchev–Trinajstić information content (AvgIpc) is 2.87. The summed E-state index contributed by atoms with van der Waals surface area (Å²) < 4.78 is 0. The third kappa shape index (κ3) is 2.13. The number of ketones is 2. The summed E-state index contributed by atoms with van der Waals surface area (Å²) in [6.07, 6.45) is 8.72. The molecule has 6 atom stereocenters. The first-order valence-electron chi connectivity index (χ1n) is 9.87. The zero-order chi connectivity index (χ0) is 18.0. The Balaban J connectivity index is 1.68. The van der Waals surface area contributed by atoms with Crippen molar-refractivity contribution in [3.63, 3.8) is 0 Å². The number of carbonyl (C=O) groups is 2. The summed E-state index contributed by atoms with van der Waals surface area (Å²) in [5, 5.41) is 20.5. The van der Waals surface area contributed by atoms with Gasteiger partial charge in [0, 0.05) is 11.8 Å². The van der Waals surface area contributed by atoms with E-state index in [0.717, 1.165) is 38.5 Å². The molecule has 138 valence electrons. The lowest BCUT2D eigenvalue weighted by atomic mass is 9.46. The Morgan fingerprint density at radius 2 is 1.84 bits per heavy atom. The Bertz CT molecular complexity index is 652. The van der Waals surface area contributed by atoms with Crippen molar-refractivity contribution in [2.75, 3.05) is 6.61 Å². The van der Waals surface area contributed by atoms with Gasteiger partial charge in [-0.25, -0.2) is 0 Å². The van der Waals surface area contributed by atoms with Crippen LogP contribution in [-0.4, -0.2) is 34.0 Å². The number of hydrogen-bond donors (Lipinski definition) is 2. The van der Waals surface area contributed by atoms with Gasteiger partial charge in [-0.2, -0.15) is 0 Å². The van der Waals surface area contributed by atoms with Gasteiger partial charge in [-0.05, 0) is 74.2 Å². The minimum absolute atomic E-state index is 0.111. The molecule has 3 fully saturated rings. The summed E-state index contributed by atoms with van der Waals surface area (Å²) in [6.45, 7) is 3.84. The van der Waals surface area contributed by atoms with Crippen molar-refractivity contribution < 1.29 is 19.8 Å². The largest absolute Gasteiger partial charge is 0.388 e. The van der Waals surface area contributed by atoms with E-state index in [1.807, 2.05) is 6.08 Å². The molecule has 0 bridgehead atoms. The molecule has 0 aromatic carbocycles. The lowest BCUT2D eigenvalue weighted by molar-refractivity contribution is -0.164. The van der Waals surface area contributed by atoms with E-state index in [-0.39, 0.29) is 11.2 Å². The fourth-order valence-corrected chi connectivity index (χ4v) is 7.16. The minimum Gasteiger partial charge on any atom is -0.388 e. The first-order chi connectivity index (χ1) is 11.8. The summed E-state index contributed by atoms with van der Waals surface area (Å²) in [7, 11) is 0. The number of allylic oxidation sites excluding steroid dienone is 1. The van der Waals surface area contributed by atoms with Gasteiger partial charge in [0.05, 0.1) is 0 Å². The summed E-state index contributed by atoms with van der Waals surface area (Å²) >= 11 is 0. The molecule has 25 heavy (non-hydrogen) atoms. The SMILES string of the molecule is C[C@]12CC[C@@H]3[C@H](CCC4=CC(=O)CC[C@]43C)[C@H]1CC[C@@]2(O)C(=O)CO. The smallest absolute Gasteiger partial charge is 0.190 e. The number of Topliss-reactive ketones (excluding diaryl/α,β-unsaturated/α-hetero) is 1. The van der Waals surface area contributed by atoms with E-state index < -0.39 is 23.4 Å². The number of aliphatic hydroxyl groups excluding tert-OH is 1. The van der Waals surface area contributed by atoms with Gasteiger partial charge in [0.25, 0.3) is 0 Å². The van der Waals surface area contributed by atoms with Gasteiger partial charge in [-0.15, -0.1) is 0 Å². The second kappa shape index (κ2) is 5.50. The molecular formula is C21H30O4. The Hall–Kier alpha value is -1.00. The van der Waals surface area contributed by atoms with Crippen molar-refractivity contribution in [3.8, 4) is 0 Å². The number of carbonyl (C=O) groups excluding carboxylic acids is 2. The average molecular weight is 346 g/mol. The van der Waals surface area contributed by atoms with Crippen LogP contribution in [0.15, 0.2) is 11.6 Å². The predicted octanol–water partition coefficient (Wildman–Crippen LogP) is 2.81. The normalized spacial score (nSPS) is 49.0. The maximum atomic E-state index is 12.3. The Kier molecular flexibility index (Phi) is 3.83. The predicted molar refractivity (Wildman–Crippen MR) is 93.8 cm³/mol. The van der Waals surface area contributed by atoms with E-state index in [2.05, 4.69) is 13.8 Å². The molecule has 0 radical (unpaired) electrons. The van der Waals surface area contributed by atoms with Gasteiger partial charge in [-0.3, -0.25) is 9.59 Å². The van der Waals surface area contributed by atoms with E-state index in [1.165, 1.54) is 5.57 Å². The van der Waals surface area contributed by atoms with E-state index in [0.29, 0.717) is 30.6 Å². The molecule has 4 rings (SSSR count). The van der Waals surface area contributed by atoms with Crippen molar-refractivity contribution in [1.29, 1.82) is 0 Å². The topological polar surface area (TPSA) is 74.6 Å². The molecule has 4 aliphatic carbocycles. The van der Waals surface area contributed by atoms with Crippen molar-refractivity contribution in [1.82, 2.24) is 0 Å². The molecule has 0 saturated heterocycles. The molecule has 0 aliphatic heterocycles. The second-order valence-electron chi connectivity index (χ2n) is 9.41. The molecule has 4 nitrogen and oxygen atoms in total. The number of fused-ring (bicyclic) bond motifs is 5. The minimum atomic E-state index is -1.36. The highest BCUT2D eigenvalue weighted by molar-refractivity contribution is 5.91. The van der Waals surface area contributed by atoms with Crippen LogP contribution in [0.3, 0.4) is 0 Å². The Morgan fingerprint density at radius 1 is 1.12 bits per heavy atom. The fraction of sp³-hybridized carbons (Fsp3) is 0.810. The lowest BCUT2D eigenvalue weighted by Crippen LogP contribution is -2.58. The highest BCUT2D eigenvalue weighted by atomic mass is 16.3. The van der Waals surface area contributed by atoms with E-state index in [9.17, 15) is 19.8 Å². The molecule has 2 N–H and O–H groups in total. The zero-order valence-electron chi connectivity index (χ0n) is 15.4. The molecule has 0 aromatic rings. The summed E-state index contributed by atoms with van der Waals surface area (Å²) in [5.41, 5.74) is -0.333. The molecule has 4 heteroatoms. The van der Waals surface area contributed by atoms with Crippen LogP contribution in [0, 0.1) is 28.6 Å². The van der Waals surface area contributed by atoms with Gasteiger partial charge in [0.15, 0.2) is 11.6 Å². The van der Waals surface area contributed by atoms with Crippen molar-refractivity contribution in [2.45, 2.75) is 70.8 Å². The van der Waals surface area contributed by atoms with Gasteiger partial charge >= 0.3 is 0 Å². The maximum Gasteiger partial charge on any atom is 0.190 e. The van der Waals surface area contributed by atoms with Crippen LogP contribution >= 0.6 is 0 Å². The van der Waals surface area contributed by atoms with Crippen LogP contribution < -0.4 is 0 Å². The molecule has 0 heterocycles. The van der Waals surface area contributed by atoms with E-state index in [1.54, 1.807) is 0 Å². The van der Waals surface area contributed by atoms with Crippen LogP contribution in [-0.2, 0) is 9.59 Å². The molecule has 0 amide bonds. The van der Waals surface area contributed by atoms with Crippen LogP contribution in [0.5, 0.6) is 0 Å². The fourth-order valence-electron chi connectivity index (χ4n) is 7.16. The Labute approximate surface area is 149 Å². The molecule has 0 unspecified atom stereocenters. The van der Waals surface area contributed by atoms with Gasteiger partial charge < -0.3 is 10.2 Å². The monoisotopic (exact) mass is 346 g/mol. The third-order valence-electron chi connectivity index (χ3n) is 8.72. The summed E-state index contributed by atoms with van der Waals surface area (Å²) in [6, 6.07) is 0. The van der Waals surface area contributed by atoms with Gasteiger partial charge in [-0.1, -0.05) is 19.4 Å². The first kappa shape index (κ1) is 17.4. The zero-order valence-corrected chi connectivity index (χ0v) is 15.4. The third-order valence-corrected chi connectivity index (χ3v) is 8.72. The number of rotatable bonds is 2. The van der Waals surface area contributed by atoms with E-state index >= 15 is 0 Å². The molecule has 4 aliphatic rings. The second-order valence-corrected chi connectivity index (χ2v) is 9.41. The van der Waals surface area contributed by atoms with E-state index in [4.69, 9.17) is 0 Å². The van der Waals surface area contributed by atoms with Gasteiger partial charge in [0.2, 0.25) is 0 Å². The Morgan fingerprint density at radius 3 is 2.56 bits per heavy atom. The van der Waals surface area contributed by atoms with Gasteiger partial charge in [0.1, 0.15) is 12.2 Å². The number of aliphatic hydroxyl groups is 2. The summed E-state index contributed by atoms with van der Waals surface area (Å²) in [4.78, 5) is 24.2. The van der Waals surface area contributed by atoms with Crippen molar-refractivity contribution in [2.24, 2.45) is 28.6 Å². The van der Waals surface area contributed by atoms with Crippen molar-refractivity contribution >= 4 is 11.6 Å². The number of hydrogen-bond acceptors (Lipinski definition) is 4.